The summed E-state index contributed by atoms with van der Waals surface area (Å²) in [6.45, 7) is -0.907. The molecule has 88 valence electrons. The van der Waals surface area contributed by atoms with Gasteiger partial charge in [-0.05, 0) is 0 Å². The minimum Gasteiger partial charge on any atom is -0.480 e. The molecule has 15 heavy (non-hydrogen) atoms. The summed E-state index contributed by atoms with van der Waals surface area (Å²) in [7, 11) is -3.12. The van der Waals surface area contributed by atoms with Crippen LogP contribution in [-0.2, 0) is 24.3 Å². The molecule has 0 aromatic carbocycles. The second-order valence-electron chi connectivity index (χ2n) is 2.53. The number of aliphatic carboxylic acids is 1. The third-order valence-corrected chi connectivity index (χ3v) is 2.60. The molecule has 0 aliphatic heterocycles. The minimum absolute atomic E-state index is 0.907. The molecule has 9 heteroatoms. The Kier molecular flexibility index (Phi) is 5.19. The van der Waals surface area contributed by atoms with Crippen LogP contribution in [0.4, 0.5) is 0 Å². The van der Waals surface area contributed by atoms with Crippen LogP contribution in [0.2, 0.25) is 0 Å². The van der Waals surface area contributed by atoms with Gasteiger partial charge in [-0.1, -0.05) is 0 Å². The first-order chi connectivity index (χ1) is 6.82. The summed E-state index contributed by atoms with van der Waals surface area (Å²) in [5, 5.41) is 17.0. The number of carboxylic acid groups (broad SMARTS) is 1. The number of sulfonamides is 1. The van der Waals surface area contributed by atoms with E-state index in [0.717, 1.165) is 7.11 Å². The van der Waals surface area contributed by atoms with E-state index >= 15 is 0 Å². The fourth-order valence-electron chi connectivity index (χ4n) is 0.638. The van der Waals surface area contributed by atoms with Crippen molar-refractivity contribution >= 4 is 22.0 Å². The third-order valence-electron chi connectivity index (χ3n) is 1.34. The number of hydrogen-bond donors (Lipinski definition) is 3. The topological polar surface area (TPSA) is 130 Å². The van der Waals surface area contributed by atoms with E-state index in [4.69, 9.17) is 10.2 Å². The van der Waals surface area contributed by atoms with Crippen molar-refractivity contribution in [2.45, 2.75) is 6.04 Å². The molecule has 8 nitrogen and oxygen atoms in total. The Balaban J connectivity index is 4.49. The van der Waals surface area contributed by atoms with Gasteiger partial charge in [0.05, 0.1) is 13.7 Å². The normalized spacial score (nSPS) is 13.2. The lowest BCUT2D eigenvalue weighted by Gasteiger charge is -2.10. The van der Waals surface area contributed by atoms with Crippen LogP contribution in [0.1, 0.15) is 0 Å². The SMILES string of the molecule is COC(=O)CS(=O)(=O)N[C@H](CO)C(=O)O. The number of methoxy groups -OCH3 is 1. The fraction of sp³-hybridized carbons (Fsp3) is 0.667. The molecule has 0 aliphatic carbocycles. The maximum absolute atomic E-state index is 11.1. The van der Waals surface area contributed by atoms with Crippen molar-refractivity contribution in [2.75, 3.05) is 19.5 Å². The molecule has 3 N–H and O–H groups in total. The summed E-state index contributed by atoms with van der Waals surface area (Å²) in [5.74, 6) is -3.55. The second kappa shape index (κ2) is 5.63. The van der Waals surface area contributed by atoms with Gasteiger partial charge in [-0.25, -0.2) is 8.42 Å². The van der Waals surface area contributed by atoms with E-state index in [1.807, 2.05) is 0 Å². The molecule has 0 fully saturated rings. The van der Waals surface area contributed by atoms with Gasteiger partial charge in [0.1, 0.15) is 6.04 Å². The number of carbonyl (C=O) groups excluding carboxylic acids is 1. The van der Waals surface area contributed by atoms with Crippen molar-refractivity contribution in [3.05, 3.63) is 0 Å². The zero-order valence-electron chi connectivity index (χ0n) is 7.84. The summed E-state index contributed by atoms with van der Waals surface area (Å²) < 4.78 is 27.9. The second-order valence-corrected chi connectivity index (χ2v) is 4.28. The molecule has 0 spiro atoms. The molecule has 0 rings (SSSR count). The van der Waals surface area contributed by atoms with Gasteiger partial charge in [-0.15, -0.1) is 0 Å². The highest BCUT2D eigenvalue weighted by molar-refractivity contribution is 7.90. The van der Waals surface area contributed by atoms with Crippen LogP contribution in [0, 0.1) is 0 Å². The van der Waals surface area contributed by atoms with Gasteiger partial charge >= 0.3 is 11.9 Å². The van der Waals surface area contributed by atoms with Crippen LogP contribution in [0.3, 0.4) is 0 Å². The van der Waals surface area contributed by atoms with E-state index < -0.39 is 40.4 Å². The lowest BCUT2D eigenvalue weighted by molar-refractivity contribution is -0.140. The number of esters is 1. The summed E-state index contributed by atoms with van der Waals surface area (Å²) in [4.78, 5) is 21.0. The van der Waals surface area contributed by atoms with Crippen LogP contribution < -0.4 is 4.72 Å². The zero-order chi connectivity index (χ0) is 12.1. The van der Waals surface area contributed by atoms with E-state index in [0.29, 0.717) is 0 Å². The summed E-state index contributed by atoms with van der Waals surface area (Å²) in [5.41, 5.74) is 0. The van der Waals surface area contributed by atoms with Crippen LogP contribution in [0.15, 0.2) is 0 Å². The van der Waals surface area contributed by atoms with Crippen molar-refractivity contribution in [1.82, 2.24) is 4.72 Å². The third kappa shape index (κ3) is 5.30. The maximum Gasteiger partial charge on any atom is 0.324 e. The molecule has 1 atom stereocenters. The number of carboxylic acids is 1. The predicted octanol–water partition coefficient (Wildman–Crippen LogP) is -2.48. The van der Waals surface area contributed by atoms with Crippen molar-refractivity contribution < 1.29 is 33.0 Å². The fourth-order valence-corrected chi connectivity index (χ4v) is 1.76. The molecule has 0 amide bonds. The van der Waals surface area contributed by atoms with E-state index in [9.17, 15) is 18.0 Å². The van der Waals surface area contributed by atoms with Crippen LogP contribution >= 0.6 is 0 Å². The molecule has 0 saturated carbocycles. The number of carbonyl (C=O) groups is 2. The first-order valence-corrected chi connectivity index (χ1v) is 5.38. The van der Waals surface area contributed by atoms with E-state index in [1.54, 1.807) is 4.72 Å². The first-order valence-electron chi connectivity index (χ1n) is 3.73. The molecule has 0 heterocycles. The van der Waals surface area contributed by atoms with E-state index in [2.05, 4.69) is 4.74 Å². The molecule has 0 bridgehead atoms. The van der Waals surface area contributed by atoms with Crippen LogP contribution in [0.25, 0.3) is 0 Å². The predicted molar refractivity (Wildman–Crippen MR) is 47.4 cm³/mol. The monoisotopic (exact) mass is 241 g/mol. The minimum atomic E-state index is -4.11. The number of aliphatic hydroxyl groups excluding tert-OH is 1. The summed E-state index contributed by atoms with van der Waals surface area (Å²) in [6, 6.07) is -1.67. The van der Waals surface area contributed by atoms with Crippen molar-refractivity contribution in [3.63, 3.8) is 0 Å². The number of rotatable bonds is 6. The summed E-state index contributed by atoms with van der Waals surface area (Å²) >= 11 is 0. The first kappa shape index (κ1) is 13.8. The smallest absolute Gasteiger partial charge is 0.324 e. The van der Waals surface area contributed by atoms with Crippen molar-refractivity contribution in [1.29, 1.82) is 0 Å². The Morgan fingerprint density at radius 2 is 2.00 bits per heavy atom. The quantitative estimate of drug-likeness (QED) is 0.439. The maximum atomic E-state index is 11.1. The van der Waals surface area contributed by atoms with Gasteiger partial charge < -0.3 is 14.9 Å². The Hall–Kier alpha value is -1.19. The largest absolute Gasteiger partial charge is 0.480 e. The van der Waals surface area contributed by atoms with E-state index in [-0.39, 0.29) is 0 Å². The Morgan fingerprint density at radius 1 is 1.47 bits per heavy atom. The molecular formula is C6H11NO7S. The number of hydrogen-bond acceptors (Lipinski definition) is 6. The van der Waals surface area contributed by atoms with Gasteiger partial charge in [0, 0.05) is 0 Å². The van der Waals surface area contributed by atoms with Gasteiger partial charge in [-0.2, -0.15) is 4.72 Å². The standard InChI is InChI=1S/C6H11NO7S/c1-14-5(9)3-15(12,13)7-4(2-8)6(10)11/h4,7-8H,2-3H2,1H3,(H,10,11)/t4-/m1/s1. The lowest BCUT2D eigenvalue weighted by Crippen LogP contribution is -2.45. The highest BCUT2D eigenvalue weighted by Gasteiger charge is 2.25. The highest BCUT2D eigenvalue weighted by Crippen LogP contribution is 1.91. The average molecular weight is 241 g/mol. The molecule has 0 unspecified atom stereocenters. The van der Waals surface area contributed by atoms with Gasteiger partial charge in [0.15, 0.2) is 5.75 Å². The molecular weight excluding hydrogens is 230 g/mol. The van der Waals surface area contributed by atoms with Crippen molar-refractivity contribution in [3.8, 4) is 0 Å². The molecule has 0 aromatic rings. The number of nitrogens with one attached hydrogen (secondary N) is 1. The average Bonchev–Trinajstić information content (AvgIpc) is 2.13. The highest BCUT2D eigenvalue weighted by atomic mass is 32.2. The lowest BCUT2D eigenvalue weighted by atomic mass is 10.3. The van der Waals surface area contributed by atoms with Gasteiger partial charge in [0.25, 0.3) is 0 Å². The molecule has 0 saturated heterocycles. The van der Waals surface area contributed by atoms with Gasteiger partial charge in [-0.3, -0.25) is 9.59 Å². The van der Waals surface area contributed by atoms with Crippen molar-refractivity contribution in [2.24, 2.45) is 0 Å². The van der Waals surface area contributed by atoms with Crippen LogP contribution in [0.5, 0.6) is 0 Å². The van der Waals surface area contributed by atoms with E-state index in [1.165, 1.54) is 0 Å². The summed E-state index contributed by atoms with van der Waals surface area (Å²) in [6.07, 6.45) is 0. The number of aliphatic hydroxyl groups is 1. The van der Waals surface area contributed by atoms with Gasteiger partial charge in [0.2, 0.25) is 10.0 Å². The molecule has 0 aliphatic rings. The number of ether oxygens (including phenoxy) is 1. The Bertz CT molecular complexity index is 335. The van der Waals surface area contributed by atoms with Crippen LogP contribution in [-0.4, -0.2) is 56.1 Å². The Morgan fingerprint density at radius 3 is 2.33 bits per heavy atom. The zero-order valence-corrected chi connectivity index (χ0v) is 8.65. The molecule has 0 aromatic heterocycles. The Labute approximate surface area is 85.9 Å². The molecule has 0 radical (unpaired) electrons.